The maximum absolute atomic E-state index is 10.5. The van der Waals surface area contributed by atoms with Crippen LogP contribution in [0.5, 0.6) is 0 Å². The Morgan fingerprint density at radius 3 is 2.53 bits per heavy atom. The van der Waals surface area contributed by atoms with Crippen LogP contribution < -0.4 is 5.73 Å². The maximum atomic E-state index is 10.5. The monoisotopic (exact) mass is 205 g/mol. The van der Waals surface area contributed by atoms with Crippen molar-refractivity contribution in [3.05, 3.63) is 41.5 Å². The minimum absolute atomic E-state index is 0.164. The maximum Gasteiger partial charge on any atom is 0.221 e. The standard InChI is InChI=1S/C12H15NO2/c13-12(15)3-1-2-10-4-6-11(7-5-10)8-9-14/h1-2,4-7,14H,3,8-9H2,(H2,13,15). The molecule has 0 aliphatic carbocycles. The molecule has 0 heterocycles. The van der Waals surface area contributed by atoms with Crippen molar-refractivity contribution in [1.82, 2.24) is 0 Å². The summed E-state index contributed by atoms with van der Waals surface area (Å²) in [5, 5.41) is 8.73. The molecule has 80 valence electrons. The third-order valence-electron chi connectivity index (χ3n) is 2.01. The van der Waals surface area contributed by atoms with Crippen LogP contribution in [0.1, 0.15) is 17.5 Å². The molecule has 0 aromatic heterocycles. The van der Waals surface area contributed by atoms with Gasteiger partial charge in [-0.15, -0.1) is 0 Å². The number of benzene rings is 1. The second-order valence-corrected chi connectivity index (χ2v) is 3.29. The summed E-state index contributed by atoms with van der Waals surface area (Å²) in [4.78, 5) is 10.5. The van der Waals surface area contributed by atoms with E-state index in [9.17, 15) is 4.79 Å². The molecule has 0 aliphatic heterocycles. The van der Waals surface area contributed by atoms with E-state index in [0.717, 1.165) is 11.1 Å². The topological polar surface area (TPSA) is 63.3 Å². The Morgan fingerprint density at radius 1 is 1.33 bits per heavy atom. The summed E-state index contributed by atoms with van der Waals surface area (Å²) < 4.78 is 0. The molecule has 0 unspecified atom stereocenters. The molecule has 1 aromatic carbocycles. The molecule has 1 aromatic rings. The van der Waals surface area contributed by atoms with E-state index in [1.807, 2.05) is 30.3 Å². The Bertz CT molecular complexity index is 341. The summed E-state index contributed by atoms with van der Waals surface area (Å²) in [6, 6.07) is 7.81. The van der Waals surface area contributed by atoms with Crippen molar-refractivity contribution in [3.63, 3.8) is 0 Å². The number of aliphatic hydroxyl groups excluding tert-OH is 1. The van der Waals surface area contributed by atoms with Crippen LogP contribution in [-0.2, 0) is 11.2 Å². The fourth-order valence-electron chi connectivity index (χ4n) is 1.24. The summed E-state index contributed by atoms with van der Waals surface area (Å²) in [5.41, 5.74) is 7.13. The zero-order valence-corrected chi connectivity index (χ0v) is 8.52. The van der Waals surface area contributed by atoms with Gasteiger partial charge in [0.05, 0.1) is 0 Å². The van der Waals surface area contributed by atoms with E-state index in [0.29, 0.717) is 6.42 Å². The highest BCUT2D eigenvalue weighted by Crippen LogP contribution is 2.07. The first kappa shape index (κ1) is 11.5. The van der Waals surface area contributed by atoms with E-state index < -0.39 is 0 Å². The fraction of sp³-hybridized carbons (Fsp3) is 0.250. The Kier molecular flexibility index (Phi) is 4.57. The third-order valence-corrected chi connectivity index (χ3v) is 2.01. The summed E-state index contributed by atoms with van der Waals surface area (Å²) in [7, 11) is 0. The predicted octanol–water partition coefficient (Wildman–Crippen LogP) is 1.11. The van der Waals surface area contributed by atoms with E-state index in [2.05, 4.69) is 0 Å². The molecular formula is C12H15NO2. The Labute approximate surface area is 89.2 Å². The molecule has 0 spiro atoms. The van der Waals surface area contributed by atoms with Gasteiger partial charge in [0, 0.05) is 13.0 Å². The number of carbonyl (C=O) groups excluding carboxylic acids is 1. The molecule has 1 amide bonds. The predicted molar refractivity (Wildman–Crippen MR) is 60.1 cm³/mol. The van der Waals surface area contributed by atoms with Crippen LogP contribution in [0, 0.1) is 0 Å². The third kappa shape index (κ3) is 4.42. The molecule has 15 heavy (non-hydrogen) atoms. The van der Waals surface area contributed by atoms with E-state index in [-0.39, 0.29) is 18.9 Å². The summed E-state index contributed by atoms with van der Waals surface area (Å²) >= 11 is 0. The highest BCUT2D eigenvalue weighted by molar-refractivity contribution is 5.76. The lowest BCUT2D eigenvalue weighted by Crippen LogP contribution is -2.07. The number of carbonyl (C=O) groups is 1. The van der Waals surface area contributed by atoms with Crippen LogP contribution in [0.25, 0.3) is 6.08 Å². The van der Waals surface area contributed by atoms with Crippen molar-refractivity contribution in [2.24, 2.45) is 5.73 Å². The molecule has 0 radical (unpaired) electrons. The Morgan fingerprint density at radius 2 is 2.00 bits per heavy atom. The van der Waals surface area contributed by atoms with Crippen LogP contribution in [0.15, 0.2) is 30.3 Å². The molecular weight excluding hydrogens is 190 g/mol. The van der Waals surface area contributed by atoms with Crippen molar-refractivity contribution < 1.29 is 9.90 Å². The molecule has 0 atom stereocenters. The average Bonchev–Trinajstić information content (AvgIpc) is 2.20. The van der Waals surface area contributed by atoms with Gasteiger partial charge in [-0.3, -0.25) is 4.79 Å². The number of hydrogen-bond acceptors (Lipinski definition) is 2. The normalized spacial score (nSPS) is 10.7. The smallest absolute Gasteiger partial charge is 0.221 e. The van der Waals surface area contributed by atoms with Crippen molar-refractivity contribution in [2.75, 3.05) is 6.61 Å². The van der Waals surface area contributed by atoms with Crippen molar-refractivity contribution in [1.29, 1.82) is 0 Å². The van der Waals surface area contributed by atoms with Crippen LogP contribution in [-0.4, -0.2) is 17.6 Å². The van der Waals surface area contributed by atoms with Gasteiger partial charge in [-0.25, -0.2) is 0 Å². The first-order valence-electron chi connectivity index (χ1n) is 4.87. The summed E-state index contributed by atoms with van der Waals surface area (Å²) in [5.74, 6) is -0.330. The quantitative estimate of drug-likeness (QED) is 0.756. The van der Waals surface area contributed by atoms with Gasteiger partial charge in [0.2, 0.25) is 5.91 Å². The lowest BCUT2D eigenvalue weighted by Gasteiger charge is -1.98. The molecule has 0 fully saturated rings. The number of amides is 1. The van der Waals surface area contributed by atoms with Gasteiger partial charge >= 0.3 is 0 Å². The minimum atomic E-state index is -0.330. The highest BCUT2D eigenvalue weighted by atomic mass is 16.2. The van der Waals surface area contributed by atoms with Gasteiger partial charge in [0.25, 0.3) is 0 Å². The van der Waals surface area contributed by atoms with Crippen molar-refractivity contribution >= 4 is 12.0 Å². The largest absolute Gasteiger partial charge is 0.396 e. The summed E-state index contributed by atoms with van der Waals surface area (Å²) in [6.45, 7) is 0.164. The first-order valence-corrected chi connectivity index (χ1v) is 4.87. The number of primary amides is 1. The van der Waals surface area contributed by atoms with E-state index in [4.69, 9.17) is 10.8 Å². The minimum Gasteiger partial charge on any atom is -0.396 e. The molecule has 1 rings (SSSR count). The molecule has 0 saturated heterocycles. The van der Waals surface area contributed by atoms with Gasteiger partial charge in [-0.1, -0.05) is 36.4 Å². The average molecular weight is 205 g/mol. The van der Waals surface area contributed by atoms with Gasteiger partial charge in [-0.05, 0) is 17.5 Å². The fourth-order valence-corrected chi connectivity index (χ4v) is 1.24. The molecule has 0 aliphatic rings. The van der Waals surface area contributed by atoms with Crippen LogP contribution in [0.3, 0.4) is 0 Å². The zero-order chi connectivity index (χ0) is 11.1. The summed E-state index contributed by atoms with van der Waals surface area (Å²) in [6.07, 6.45) is 4.53. The van der Waals surface area contributed by atoms with E-state index >= 15 is 0 Å². The first-order chi connectivity index (χ1) is 7.22. The van der Waals surface area contributed by atoms with Gasteiger partial charge in [0.1, 0.15) is 0 Å². The molecule has 3 heteroatoms. The van der Waals surface area contributed by atoms with Crippen molar-refractivity contribution in [3.8, 4) is 0 Å². The van der Waals surface area contributed by atoms with Gasteiger partial charge < -0.3 is 10.8 Å². The van der Waals surface area contributed by atoms with Gasteiger partial charge in [-0.2, -0.15) is 0 Å². The number of aliphatic hydroxyl groups is 1. The lowest BCUT2D eigenvalue weighted by atomic mass is 10.1. The Hall–Kier alpha value is -1.61. The molecule has 3 N–H and O–H groups in total. The van der Waals surface area contributed by atoms with Crippen molar-refractivity contribution in [2.45, 2.75) is 12.8 Å². The Balaban J connectivity index is 2.56. The van der Waals surface area contributed by atoms with Crippen LogP contribution in [0.2, 0.25) is 0 Å². The lowest BCUT2D eigenvalue weighted by molar-refractivity contribution is -0.117. The van der Waals surface area contributed by atoms with Gasteiger partial charge in [0.15, 0.2) is 0 Å². The SMILES string of the molecule is NC(=O)CC=Cc1ccc(CCO)cc1. The van der Waals surface area contributed by atoms with Crippen LogP contribution in [0.4, 0.5) is 0 Å². The molecule has 3 nitrogen and oxygen atoms in total. The highest BCUT2D eigenvalue weighted by Gasteiger charge is 1.92. The molecule has 0 bridgehead atoms. The second-order valence-electron chi connectivity index (χ2n) is 3.29. The van der Waals surface area contributed by atoms with Crippen LogP contribution >= 0.6 is 0 Å². The van der Waals surface area contributed by atoms with E-state index in [1.54, 1.807) is 6.08 Å². The molecule has 0 saturated carbocycles. The van der Waals surface area contributed by atoms with E-state index in [1.165, 1.54) is 0 Å². The zero-order valence-electron chi connectivity index (χ0n) is 8.52. The number of hydrogen-bond donors (Lipinski definition) is 2. The second kappa shape index (κ2) is 5.98. The number of nitrogens with two attached hydrogens (primary N) is 1. The number of rotatable bonds is 5.